The van der Waals surface area contributed by atoms with Crippen molar-refractivity contribution >= 4 is 11.8 Å². The number of likely N-dealkylation sites (N-methyl/N-ethyl adjacent to an activating group) is 1. The molecular formula is C16H21N5O4. The van der Waals surface area contributed by atoms with E-state index >= 15 is 0 Å². The zero-order valence-corrected chi connectivity index (χ0v) is 14.4. The number of nitrogens with zero attached hydrogens (tertiary/aromatic N) is 3. The van der Waals surface area contributed by atoms with Crippen LogP contribution in [0.15, 0.2) is 18.2 Å². The molecule has 0 fully saturated rings. The molecule has 0 atom stereocenters. The van der Waals surface area contributed by atoms with E-state index < -0.39 is 5.91 Å². The molecule has 0 saturated heterocycles. The number of aromatic amines is 1. The molecule has 25 heavy (non-hydrogen) atoms. The van der Waals surface area contributed by atoms with E-state index in [1.165, 1.54) is 7.11 Å². The number of hydrogen-bond acceptors (Lipinski definition) is 6. The molecular weight excluding hydrogens is 326 g/mol. The first-order valence-electron chi connectivity index (χ1n) is 7.81. The fourth-order valence-electron chi connectivity index (χ4n) is 2.35. The van der Waals surface area contributed by atoms with Crippen LogP contribution in [0.2, 0.25) is 0 Å². The molecule has 0 saturated carbocycles. The summed E-state index contributed by atoms with van der Waals surface area (Å²) in [6.45, 7) is 4.97. The minimum Gasteiger partial charge on any atom is -0.493 e. The highest BCUT2D eigenvalue weighted by molar-refractivity contribution is 5.96. The van der Waals surface area contributed by atoms with Gasteiger partial charge in [-0.15, -0.1) is 0 Å². The molecule has 1 aromatic carbocycles. The number of primary amides is 1. The Morgan fingerprint density at radius 1 is 1.20 bits per heavy atom. The predicted molar refractivity (Wildman–Crippen MR) is 90.3 cm³/mol. The second-order valence-corrected chi connectivity index (χ2v) is 5.11. The molecule has 0 bridgehead atoms. The van der Waals surface area contributed by atoms with Gasteiger partial charge in [-0.3, -0.25) is 9.59 Å². The molecule has 1 heterocycles. The third-order valence-corrected chi connectivity index (χ3v) is 3.69. The van der Waals surface area contributed by atoms with Gasteiger partial charge in [0, 0.05) is 18.7 Å². The highest BCUT2D eigenvalue weighted by atomic mass is 16.5. The van der Waals surface area contributed by atoms with Crippen molar-refractivity contribution < 1.29 is 19.1 Å². The van der Waals surface area contributed by atoms with Gasteiger partial charge in [0.25, 0.3) is 11.8 Å². The summed E-state index contributed by atoms with van der Waals surface area (Å²) < 4.78 is 10.9. The largest absolute Gasteiger partial charge is 0.493 e. The van der Waals surface area contributed by atoms with Crippen molar-refractivity contribution in [2.45, 2.75) is 13.8 Å². The second-order valence-electron chi connectivity index (χ2n) is 5.11. The van der Waals surface area contributed by atoms with Gasteiger partial charge >= 0.3 is 0 Å². The molecule has 2 amide bonds. The first-order valence-corrected chi connectivity index (χ1v) is 7.81. The highest BCUT2D eigenvalue weighted by Gasteiger charge is 2.18. The summed E-state index contributed by atoms with van der Waals surface area (Å²) >= 11 is 0. The quantitative estimate of drug-likeness (QED) is 0.729. The lowest BCUT2D eigenvalue weighted by Gasteiger charge is -2.19. The molecule has 0 aliphatic heterocycles. The lowest BCUT2D eigenvalue weighted by molar-refractivity contribution is -0.132. The maximum atomic E-state index is 12.0. The van der Waals surface area contributed by atoms with Crippen LogP contribution >= 0.6 is 0 Å². The predicted octanol–water partition coefficient (Wildman–Crippen LogP) is 0.826. The summed E-state index contributed by atoms with van der Waals surface area (Å²) in [7, 11) is 1.48. The van der Waals surface area contributed by atoms with Crippen molar-refractivity contribution in [1.82, 2.24) is 20.3 Å². The van der Waals surface area contributed by atoms with Crippen molar-refractivity contribution in [2.75, 3.05) is 26.8 Å². The zero-order valence-electron chi connectivity index (χ0n) is 14.4. The Morgan fingerprint density at radius 3 is 2.52 bits per heavy atom. The Morgan fingerprint density at radius 2 is 1.92 bits per heavy atom. The van der Waals surface area contributed by atoms with Crippen molar-refractivity contribution in [1.29, 1.82) is 0 Å². The van der Waals surface area contributed by atoms with Crippen LogP contribution in [0.5, 0.6) is 11.5 Å². The van der Waals surface area contributed by atoms with Crippen LogP contribution in [-0.4, -0.2) is 58.9 Å². The summed E-state index contributed by atoms with van der Waals surface area (Å²) in [5, 5.41) is 10.0. The number of carbonyl (C=O) groups is 2. The van der Waals surface area contributed by atoms with E-state index in [1.54, 1.807) is 23.1 Å². The third kappa shape index (κ3) is 4.06. The minimum absolute atomic E-state index is 0.0347. The number of ether oxygens (including phenoxy) is 2. The van der Waals surface area contributed by atoms with Gasteiger partial charge in [0.05, 0.1) is 7.11 Å². The minimum atomic E-state index is -0.687. The Labute approximate surface area is 145 Å². The highest BCUT2D eigenvalue weighted by Crippen LogP contribution is 2.32. The van der Waals surface area contributed by atoms with Gasteiger partial charge in [-0.1, -0.05) is 0 Å². The normalized spacial score (nSPS) is 10.4. The van der Waals surface area contributed by atoms with E-state index in [1.807, 2.05) is 13.8 Å². The fourth-order valence-corrected chi connectivity index (χ4v) is 2.35. The number of nitrogens with two attached hydrogens (primary N) is 1. The van der Waals surface area contributed by atoms with Gasteiger partial charge in [0.2, 0.25) is 0 Å². The second kappa shape index (κ2) is 8.13. The van der Waals surface area contributed by atoms with Crippen molar-refractivity contribution in [2.24, 2.45) is 5.73 Å². The number of nitrogens with one attached hydrogen (secondary N) is 1. The molecule has 1 aromatic heterocycles. The average Bonchev–Trinajstić information content (AvgIpc) is 3.11. The van der Waals surface area contributed by atoms with E-state index in [9.17, 15) is 9.59 Å². The average molecular weight is 347 g/mol. The van der Waals surface area contributed by atoms with E-state index in [0.717, 1.165) is 0 Å². The fraction of sp³-hybridized carbons (Fsp3) is 0.375. The van der Waals surface area contributed by atoms with Crippen LogP contribution in [0.25, 0.3) is 11.3 Å². The Bertz CT molecular complexity index is 755. The molecule has 3 N–H and O–H groups in total. The summed E-state index contributed by atoms with van der Waals surface area (Å²) in [4.78, 5) is 25.1. The molecule has 0 radical (unpaired) electrons. The Balaban J connectivity index is 2.21. The lowest BCUT2D eigenvalue weighted by atomic mass is 10.1. The van der Waals surface area contributed by atoms with Crippen LogP contribution < -0.4 is 15.2 Å². The maximum Gasteiger partial charge on any atom is 0.271 e. The number of benzene rings is 1. The van der Waals surface area contributed by atoms with Gasteiger partial charge in [0.15, 0.2) is 23.8 Å². The molecule has 9 heteroatoms. The van der Waals surface area contributed by atoms with Gasteiger partial charge in [0.1, 0.15) is 5.69 Å². The summed E-state index contributed by atoms with van der Waals surface area (Å²) in [5.41, 5.74) is 6.21. The zero-order chi connectivity index (χ0) is 18.4. The van der Waals surface area contributed by atoms with E-state index in [0.29, 0.717) is 35.8 Å². The van der Waals surface area contributed by atoms with Gasteiger partial charge in [-0.05, 0) is 32.0 Å². The number of methoxy groups -OCH3 is 1. The smallest absolute Gasteiger partial charge is 0.271 e. The van der Waals surface area contributed by atoms with Crippen molar-refractivity contribution in [3.63, 3.8) is 0 Å². The van der Waals surface area contributed by atoms with E-state index in [4.69, 9.17) is 15.2 Å². The summed E-state index contributed by atoms with van der Waals surface area (Å²) in [5.74, 6) is 0.0238. The molecule has 2 aromatic rings. The van der Waals surface area contributed by atoms with Gasteiger partial charge in [-0.25, -0.2) is 0 Å². The van der Waals surface area contributed by atoms with Crippen molar-refractivity contribution in [3.8, 4) is 22.8 Å². The van der Waals surface area contributed by atoms with Crippen LogP contribution in [0.4, 0.5) is 0 Å². The van der Waals surface area contributed by atoms with Crippen LogP contribution in [-0.2, 0) is 4.79 Å². The molecule has 134 valence electrons. The van der Waals surface area contributed by atoms with Crippen LogP contribution in [0.1, 0.15) is 24.3 Å². The topological polar surface area (TPSA) is 123 Å². The number of amides is 2. The SMILES string of the molecule is CCN(CC)C(=O)COc1ccc(-c2n[nH]nc2C(N)=O)cc1OC. The monoisotopic (exact) mass is 347 g/mol. The number of hydrogen-bond donors (Lipinski definition) is 2. The Hall–Kier alpha value is -3.10. The van der Waals surface area contributed by atoms with Crippen LogP contribution in [0, 0.1) is 0 Å². The molecule has 0 spiro atoms. The maximum absolute atomic E-state index is 12.0. The molecule has 0 unspecified atom stereocenters. The molecule has 9 nitrogen and oxygen atoms in total. The molecule has 0 aliphatic rings. The number of aromatic nitrogens is 3. The first-order chi connectivity index (χ1) is 12.0. The number of carbonyl (C=O) groups excluding carboxylic acids is 2. The standard InChI is InChI=1S/C16H21N5O4/c1-4-21(5-2)13(22)9-25-11-7-6-10(8-12(11)24-3)14-15(16(17)23)19-20-18-14/h6-8H,4-5,9H2,1-3H3,(H2,17,23)(H,18,19,20). The first kappa shape index (κ1) is 18.2. The summed E-state index contributed by atoms with van der Waals surface area (Å²) in [6.07, 6.45) is 0. The van der Waals surface area contributed by atoms with E-state index in [-0.39, 0.29) is 18.2 Å². The lowest BCUT2D eigenvalue weighted by Crippen LogP contribution is -2.34. The summed E-state index contributed by atoms with van der Waals surface area (Å²) in [6, 6.07) is 4.97. The van der Waals surface area contributed by atoms with Gasteiger partial charge in [-0.2, -0.15) is 15.4 Å². The van der Waals surface area contributed by atoms with Crippen LogP contribution in [0.3, 0.4) is 0 Å². The van der Waals surface area contributed by atoms with E-state index in [2.05, 4.69) is 15.4 Å². The molecule has 2 rings (SSSR count). The number of rotatable bonds is 8. The van der Waals surface area contributed by atoms with Gasteiger partial charge < -0.3 is 20.1 Å². The third-order valence-electron chi connectivity index (χ3n) is 3.69. The molecule has 0 aliphatic carbocycles. The number of H-pyrrole nitrogens is 1. The van der Waals surface area contributed by atoms with Crippen molar-refractivity contribution in [3.05, 3.63) is 23.9 Å². The Kier molecular flexibility index (Phi) is 5.93.